The number of aliphatic imine (C=N–C) groups is 1. The Morgan fingerprint density at radius 1 is 0.885 bits per heavy atom. The average molecular weight is 342 g/mol. The molecule has 2 atom stereocenters. The summed E-state index contributed by atoms with van der Waals surface area (Å²) in [5.41, 5.74) is 4.53. The van der Waals surface area contributed by atoms with Gasteiger partial charge >= 0.3 is 0 Å². The maximum Gasteiger partial charge on any atom is 0.269 e. The van der Waals surface area contributed by atoms with Gasteiger partial charge in [0.25, 0.3) is 5.69 Å². The van der Waals surface area contributed by atoms with Crippen molar-refractivity contribution in [1.82, 2.24) is 0 Å². The Bertz CT molecular complexity index is 932. The van der Waals surface area contributed by atoms with Crippen LogP contribution in [0.1, 0.15) is 23.5 Å². The molecular weight excluding hydrogens is 324 g/mol. The summed E-state index contributed by atoms with van der Waals surface area (Å²) in [7, 11) is 0. The third kappa shape index (κ3) is 3.54. The molecular formula is C22H18N2O2. The van der Waals surface area contributed by atoms with Gasteiger partial charge in [0, 0.05) is 24.3 Å². The van der Waals surface area contributed by atoms with Gasteiger partial charge in [0.2, 0.25) is 0 Å². The molecule has 1 fully saturated rings. The predicted octanol–water partition coefficient (Wildman–Crippen LogP) is 5.24. The number of nitro benzene ring substituents is 1. The minimum Gasteiger partial charge on any atom is -0.289 e. The first-order valence-electron chi connectivity index (χ1n) is 8.64. The van der Waals surface area contributed by atoms with Crippen molar-refractivity contribution in [2.24, 2.45) is 4.99 Å². The van der Waals surface area contributed by atoms with Gasteiger partial charge in [0.15, 0.2) is 0 Å². The molecule has 0 bridgehead atoms. The molecule has 0 unspecified atom stereocenters. The smallest absolute Gasteiger partial charge is 0.269 e. The van der Waals surface area contributed by atoms with Crippen LogP contribution in [0.5, 0.6) is 0 Å². The van der Waals surface area contributed by atoms with Crippen LogP contribution in [0.3, 0.4) is 0 Å². The first kappa shape index (κ1) is 16.2. The fourth-order valence-electron chi connectivity index (χ4n) is 3.12. The van der Waals surface area contributed by atoms with E-state index in [4.69, 9.17) is 4.99 Å². The summed E-state index contributed by atoms with van der Waals surface area (Å²) in [4.78, 5) is 15.0. The minimum absolute atomic E-state index is 0.106. The van der Waals surface area contributed by atoms with Crippen LogP contribution in [0, 0.1) is 10.1 Å². The summed E-state index contributed by atoms with van der Waals surface area (Å²) in [5, 5.41) is 10.7. The Morgan fingerprint density at radius 2 is 1.50 bits per heavy atom. The Kier molecular flexibility index (Phi) is 4.32. The van der Waals surface area contributed by atoms with Crippen molar-refractivity contribution < 1.29 is 4.92 Å². The molecule has 1 saturated carbocycles. The topological polar surface area (TPSA) is 55.5 Å². The molecule has 3 aromatic carbocycles. The summed E-state index contributed by atoms with van der Waals surface area (Å²) in [6, 6.07) is 25.6. The average Bonchev–Trinajstić information content (AvgIpc) is 3.47. The van der Waals surface area contributed by atoms with E-state index in [9.17, 15) is 10.1 Å². The maximum absolute atomic E-state index is 10.7. The lowest BCUT2D eigenvalue weighted by atomic mass is 10.0. The van der Waals surface area contributed by atoms with Crippen molar-refractivity contribution in [3.05, 3.63) is 100 Å². The SMILES string of the molecule is O=[N+]([O-])c1ccc(-c2ccc(C=N[C@H]3C[C@H]3c3ccccc3)cc2)cc1. The first-order valence-corrected chi connectivity index (χ1v) is 8.64. The fraction of sp³-hybridized carbons (Fsp3) is 0.136. The van der Waals surface area contributed by atoms with Crippen LogP contribution in [-0.2, 0) is 0 Å². The highest BCUT2D eigenvalue weighted by atomic mass is 16.6. The van der Waals surface area contributed by atoms with Crippen molar-refractivity contribution >= 4 is 11.9 Å². The number of hydrogen-bond donors (Lipinski definition) is 0. The van der Waals surface area contributed by atoms with E-state index in [1.807, 2.05) is 36.5 Å². The monoisotopic (exact) mass is 342 g/mol. The molecule has 4 nitrogen and oxygen atoms in total. The molecule has 0 saturated heterocycles. The molecule has 1 aliphatic rings. The molecule has 26 heavy (non-hydrogen) atoms. The van der Waals surface area contributed by atoms with E-state index in [1.165, 1.54) is 17.7 Å². The zero-order valence-corrected chi connectivity index (χ0v) is 14.2. The van der Waals surface area contributed by atoms with Gasteiger partial charge in [-0.05, 0) is 40.8 Å². The predicted molar refractivity (Wildman–Crippen MR) is 104 cm³/mol. The zero-order chi connectivity index (χ0) is 17.9. The van der Waals surface area contributed by atoms with Crippen molar-refractivity contribution in [3.8, 4) is 11.1 Å². The molecule has 4 heteroatoms. The Hall–Kier alpha value is -3.27. The molecule has 1 aliphatic carbocycles. The van der Waals surface area contributed by atoms with Gasteiger partial charge in [-0.15, -0.1) is 0 Å². The summed E-state index contributed by atoms with van der Waals surface area (Å²) in [6.07, 6.45) is 3.05. The molecule has 0 aromatic heterocycles. The van der Waals surface area contributed by atoms with Crippen LogP contribution in [0.25, 0.3) is 11.1 Å². The van der Waals surface area contributed by atoms with Gasteiger partial charge in [-0.1, -0.05) is 54.6 Å². The van der Waals surface area contributed by atoms with Crippen LogP contribution < -0.4 is 0 Å². The zero-order valence-electron chi connectivity index (χ0n) is 14.2. The van der Waals surface area contributed by atoms with Gasteiger partial charge in [-0.2, -0.15) is 0 Å². The number of nitrogens with zero attached hydrogens (tertiary/aromatic N) is 2. The van der Waals surface area contributed by atoms with Gasteiger partial charge in [0.1, 0.15) is 0 Å². The highest BCUT2D eigenvalue weighted by Gasteiger charge is 2.37. The lowest BCUT2D eigenvalue weighted by molar-refractivity contribution is -0.384. The van der Waals surface area contributed by atoms with Gasteiger partial charge in [-0.3, -0.25) is 15.1 Å². The second-order valence-electron chi connectivity index (χ2n) is 6.52. The third-order valence-electron chi connectivity index (χ3n) is 4.72. The Labute approximate surface area is 152 Å². The van der Waals surface area contributed by atoms with E-state index < -0.39 is 0 Å². The van der Waals surface area contributed by atoms with Crippen LogP contribution in [0.15, 0.2) is 83.9 Å². The molecule has 0 N–H and O–H groups in total. The molecule has 4 rings (SSSR count). The molecule has 0 aliphatic heterocycles. The summed E-state index contributed by atoms with van der Waals surface area (Å²) < 4.78 is 0. The van der Waals surface area contributed by atoms with E-state index in [2.05, 4.69) is 24.3 Å². The van der Waals surface area contributed by atoms with Crippen molar-refractivity contribution in [2.75, 3.05) is 0 Å². The number of hydrogen-bond acceptors (Lipinski definition) is 3. The van der Waals surface area contributed by atoms with E-state index in [-0.39, 0.29) is 10.6 Å². The summed E-state index contributed by atoms with van der Waals surface area (Å²) in [6.45, 7) is 0. The summed E-state index contributed by atoms with van der Waals surface area (Å²) >= 11 is 0. The van der Waals surface area contributed by atoms with Gasteiger partial charge in [-0.25, -0.2) is 0 Å². The molecule has 128 valence electrons. The van der Waals surface area contributed by atoms with Crippen molar-refractivity contribution in [2.45, 2.75) is 18.4 Å². The maximum atomic E-state index is 10.7. The van der Waals surface area contributed by atoms with Crippen LogP contribution in [0.4, 0.5) is 5.69 Å². The van der Waals surface area contributed by atoms with Crippen LogP contribution in [-0.4, -0.2) is 17.2 Å². The quantitative estimate of drug-likeness (QED) is 0.362. The lowest BCUT2D eigenvalue weighted by Crippen LogP contribution is -1.88. The third-order valence-corrected chi connectivity index (χ3v) is 4.72. The van der Waals surface area contributed by atoms with E-state index in [0.29, 0.717) is 12.0 Å². The van der Waals surface area contributed by atoms with Gasteiger partial charge in [0.05, 0.1) is 11.0 Å². The van der Waals surface area contributed by atoms with E-state index in [1.54, 1.807) is 12.1 Å². The molecule has 0 amide bonds. The fourth-order valence-corrected chi connectivity index (χ4v) is 3.12. The van der Waals surface area contributed by atoms with Crippen molar-refractivity contribution in [3.63, 3.8) is 0 Å². The number of rotatable bonds is 5. The number of nitro groups is 1. The van der Waals surface area contributed by atoms with E-state index >= 15 is 0 Å². The largest absolute Gasteiger partial charge is 0.289 e. The normalized spacial score (nSPS) is 18.8. The lowest BCUT2D eigenvalue weighted by Gasteiger charge is -2.02. The molecule has 0 spiro atoms. The van der Waals surface area contributed by atoms with Gasteiger partial charge < -0.3 is 0 Å². The molecule has 0 heterocycles. The van der Waals surface area contributed by atoms with Crippen molar-refractivity contribution in [1.29, 1.82) is 0 Å². The van der Waals surface area contributed by atoms with E-state index in [0.717, 1.165) is 23.1 Å². The first-order chi connectivity index (χ1) is 12.7. The minimum atomic E-state index is -0.385. The standard InChI is InChI=1S/C22H18N2O2/c25-24(26)20-12-10-18(11-13-20)17-8-6-16(7-9-17)15-23-22-14-21(22)19-4-2-1-3-5-19/h1-13,15,21-22H,14H2/t21-,22-/m0/s1. The molecule has 0 radical (unpaired) electrons. The Morgan fingerprint density at radius 3 is 2.12 bits per heavy atom. The molecule has 3 aromatic rings. The highest BCUT2D eigenvalue weighted by Crippen LogP contribution is 2.43. The van der Waals surface area contributed by atoms with Crippen LogP contribution >= 0.6 is 0 Å². The number of non-ortho nitro benzene ring substituents is 1. The Balaban J connectivity index is 1.41. The second-order valence-corrected chi connectivity index (χ2v) is 6.52. The highest BCUT2D eigenvalue weighted by molar-refractivity contribution is 5.81. The van der Waals surface area contributed by atoms with Crippen LogP contribution in [0.2, 0.25) is 0 Å². The summed E-state index contributed by atoms with van der Waals surface area (Å²) in [5.74, 6) is 0.548. The second kappa shape index (κ2) is 6.92. The number of benzene rings is 3.